The van der Waals surface area contributed by atoms with Gasteiger partial charge in [0.25, 0.3) is 5.91 Å². The first kappa shape index (κ1) is 22.8. The number of halogens is 1. The summed E-state index contributed by atoms with van der Waals surface area (Å²) in [5.41, 5.74) is 10.4. The van der Waals surface area contributed by atoms with Crippen molar-refractivity contribution in [3.8, 4) is 0 Å². The second kappa shape index (κ2) is 9.60. The number of hydrogen-bond acceptors (Lipinski definition) is 6. The summed E-state index contributed by atoms with van der Waals surface area (Å²) >= 11 is 7.68. The molecular formula is C25H22ClN5OS. The van der Waals surface area contributed by atoms with Crippen LogP contribution in [-0.4, -0.2) is 30.4 Å². The fraction of sp³-hybridized carbons (Fsp3) is 0.120. The molecule has 166 valence electrons. The Bertz CT molecular complexity index is 1380. The molecule has 1 aliphatic heterocycles. The number of amides is 1. The van der Waals surface area contributed by atoms with Crippen LogP contribution in [0.2, 0.25) is 5.02 Å². The number of pyridine rings is 1. The van der Waals surface area contributed by atoms with Crippen LogP contribution in [0.3, 0.4) is 0 Å². The molecule has 1 aliphatic rings. The molecule has 33 heavy (non-hydrogen) atoms. The highest BCUT2D eigenvalue weighted by Gasteiger charge is 2.28. The van der Waals surface area contributed by atoms with E-state index in [-0.39, 0.29) is 11.7 Å². The molecular weight excluding hydrogens is 454 g/mol. The monoisotopic (exact) mass is 475 g/mol. The lowest BCUT2D eigenvalue weighted by molar-refractivity contribution is -0.112. The van der Waals surface area contributed by atoms with E-state index in [0.29, 0.717) is 27.6 Å². The van der Waals surface area contributed by atoms with Crippen LogP contribution in [-0.2, 0) is 11.2 Å². The van der Waals surface area contributed by atoms with Crippen LogP contribution >= 0.6 is 23.4 Å². The fourth-order valence-corrected chi connectivity index (χ4v) is 4.88. The van der Waals surface area contributed by atoms with Crippen LogP contribution in [0.1, 0.15) is 16.8 Å². The van der Waals surface area contributed by atoms with Gasteiger partial charge in [0, 0.05) is 35.5 Å². The maximum absolute atomic E-state index is 13.2. The Balaban J connectivity index is 1.70. The molecule has 2 aromatic carbocycles. The predicted octanol–water partition coefficient (Wildman–Crippen LogP) is 5.26. The molecule has 0 saturated heterocycles. The second-order valence-corrected chi connectivity index (χ2v) is 8.71. The molecule has 0 atom stereocenters. The van der Waals surface area contributed by atoms with Gasteiger partial charge >= 0.3 is 0 Å². The lowest BCUT2D eigenvalue weighted by Crippen LogP contribution is -2.20. The Morgan fingerprint density at radius 2 is 2.00 bits per heavy atom. The van der Waals surface area contributed by atoms with E-state index in [1.165, 1.54) is 11.8 Å². The molecule has 0 unspecified atom stereocenters. The number of allylic oxidation sites excluding steroid dienone is 1. The average Bonchev–Trinajstić information content (AvgIpc) is 3.26. The summed E-state index contributed by atoms with van der Waals surface area (Å²) in [5.74, 6) is -0.0219. The third kappa shape index (κ3) is 4.42. The van der Waals surface area contributed by atoms with Crippen molar-refractivity contribution < 1.29 is 4.79 Å². The van der Waals surface area contributed by atoms with E-state index < -0.39 is 0 Å². The molecule has 8 heteroatoms. The van der Waals surface area contributed by atoms with Crippen molar-refractivity contribution in [3.05, 3.63) is 92.2 Å². The maximum atomic E-state index is 13.2. The van der Waals surface area contributed by atoms with E-state index in [2.05, 4.69) is 27.0 Å². The zero-order chi connectivity index (χ0) is 23.5. The van der Waals surface area contributed by atoms with Crippen LogP contribution in [0.25, 0.3) is 10.8 Å². The lowest BCUT2D eigenvalue weighted by Gasteiger charge is -2.15. The minimum atomic E-state index is -0.268. The molecule has 0 bridgehead atoms. The maximum Gasteiger partial charge on any atom is 0.258 e. The standard InChI is InChI=1S/C25H22ClN5OS/c1-14-8-9-16-17(10-11-30-20(16)12-15-6-4-5-7-19(15)26)21(14)31-25(32)18-13-33-23(22(18)28-2)24(27)29-3/h4-11,13H,3,12,27H2,1-2H3,(H,31,32)/b24-23+,28-22-. The Hall–Kier alpha value is -3.42. The van der Waals surface area contributed by atoms with E-state index in [1.54, 1.807) is 18.7 Å². The van der Waals surface area contributed by atoms with Gasteiger partial charge in [0.1, 0.15) is 5.82 Å². The number of nitrogens with zero attached hydrogens (tertiary/aromatic N) is 3. The number of thioether (sulfide) groups is 1. The van der Waals surface area contributed by atoms with Gasteiger partial charge in [-0.15, -0.1) is 0 Å². The molecule has 0 aliphatic carbocycles. The summed E-state index contributed by atoms with van der Waals surface area (Å²) < 4.78 is 0. The van der Waals surface area contributed by atoms with Crippen molar-refractivity contribution >= 4 is 58.2 Å². The third-order valence-electron chi connectivity index (χ3n) is 5.43. The van der Waals surface area contributed by atoms with Crippen LogP contribution in [0.4, 0.5) is 5.69 Å². The van der Waals surface area contributed by atoms with Gasteiger partial charge in [-0.2, -0.15) is 0 Å². The molecule has 1 amide bonds. The number of anilines is 1. The summed E-state index contributed by atoms with van der Waals surface area (Å²) in [5, 5.41) is 7.37. The number of hydrogen-bond donors (Lipinski definition) is 2. The van der Waals surface area contributed by atoms with E-state index in [1.807, 2.05) is 49.4 Å². The van der Waals surface area contributed by atoms with Gasteiger partial charge in [-0.3, -0.25) is 14.8 Å². The fourth-order valence-electron chi connectivity index (χ4n) is 3.72. The molecule has 3 N–H and O–H groups in total. The van der Waals surface area contributed by atoms with Gasteiger partial charge in [-0.05, 0) is 42.3 Å². The second-order valence-electron chi connectivity index (χ2n) is 7.43. The van der Waals surface area contributed by atoms with Crippen LogP contribution in [0.15, 0.2) is 80.4 Å². The highest BCUT2D eigenvalue weighted by atomic mass is 35.5. The smallest absolute Gasteiger partial charge is 0.258 e. The number of rotatable bonds is 5. The highest BCUT2D eigenvalue weighted by molar-refractivity contribution is 8.07. The highest BCUT2D eigenvalue weighted by Crippen LogP contribution is 2.35. The van der Waals surface area contributed by atoms with Crippen LogP contribution < -0.4 is 11.1 Å². The predicted molar refractivity (Wildman–Crippen MR) is 139 cm³/mol. The number of aromatic nitrogens is 1. The number of benzene rings is 2. The summed E-state index contributed by atoms with van der Waals surface area (Å²) in [6.45, 7) is 5.42. The number of carbonyl (C=O) groups excluding carboxylic acids is 1. The van der Waals surface area contributed by atoms with E-state index in [9.17, 15) is 4.79 Å². The van der Waals surface area contributed by atoms with Gasteiger partial charge in [-0.25, -0.2) is 4.99 Å². The zero-order valence-corrected chi connectivity index (χ0v) is 19.8. The van der Waals surface area contributed by atoms with Crippen molar-refractivity contribution in [1.82, 2.24) is 4.98 Å². The number of fused-ring (bicyclic) bond motifs is 1. The van der Waals surface area contributed by atoms with E-state index in [4.69, 9.17) is 17.3 Å². The Morgan fingerprint density at radius 1 is 1.21 bits per heavy atom. The normalized spacial score (nSPS) is 16.1. The molecule has 6 nitrogen and oxygen atoms in total. The SMILES string of the molecule is C=N/C(N)=C1/SC=C(C(=O)Nc2c(C)ccc3c(Cc4ccccc4Cl)nccc23)/C1=N/C. The quantitative estimate of drug-likeness (QED) is 0.492. The average molecular weight is 476 g/mol. The summed E-state index contributed by atoms with van der Waals surface area (Å²) in [7, 11) is 1.62. The van der Waals surface area contributed by atoms with Gasteiger partial charge < -0.3 is 11.1 Å². The van der Waals surface area contributed by atoms with E-state index >= 15 is 0 Å². The molecule has 1 aromatic heterocycles. The van der Waals surface area contributed by atoms with E-state index in [0.717, 1.165) is 33.3 Å². The Labute approximate surface area is 201 Å². The lowest BCUT2D eigenvalue weighted by atomic mass is 10.00. The first-order valence-corrected chi connectivity index (χ1v) is 11.4. The zero-order valence-electron chi connectivity index (χ0n) is 18.2. The number of nitrogens with one attached hydrogen (secondary N) is 1. The van der Waals surface area contributed by atoms with Crippen molar-refractivity contribution in [2.75, 3.05) is 12.4 Å². The molecule has 0 spiro atoms. The summed E-state index contributed by atoms with van der Waals surface area (Å²) in [6, 6.07) is 13.6. The molecule has 0 saturated carbocycles. The number of aliphatic imine (C=N–C) groups is 2. The Morgan fingerprint density at radius 3 is 2.73 bits per heavy atom. The molecule has 0 fully saturated rings. The van der Waals surface area contributed by atoms with Crippen molar-refractivity contribution in [2.24, 2.45) is 15.7 Å². The number of aryl methyl sites for hydroxylation is 1. The van der Waals surface area contributed by atoms with Crippen molar-refractivity contribution in [1.29, 1.82) is 0 Å². The van der Waals surface area contributed by atoms with Gasteiger partial charge in [0.2, 0.25) is 0 Å². The van der Waals surface area contributed by atoms with Gasteiger partial charge in [0.15, 0.2) is 0 Å². The third-order valence-corrected chi connectivity index (χ3v) is 6.79. The molecule has 4 rings (SSSR count). The molecule has 2 heterocycles. The summed E-state index contributed by atoms with van der Waals surface area (Å²) in [6.07, 6.45) is 2.34. The van der Waals surface area contributed by atoms with Crippen molar-refractivity contribution in [3.63, 3.8) is 0 Å². The largest absolute Gasteiger partial charge is 0.383 e. The Kier molecular flexibility index (Phi) is 6.62. The van der Waals surface area contributed by atoms with Gasteiger partial charge in [-0.1, -0.05) is 53.7 Å². The number of nitrogens with two attached hydrogens (primary N) is 1. The van der Waals surface area contributed by atoms with Crippen molar-refractivity contribution in [2.45, 2.75) is 13.3 Å². The minimum absolute atomic E-state index is 0.247. The van der Waals surface area contributed by atoms with Gasteiger partial charge in [0.05, 0.1) is 27.6 Å². The minimum Gasteiger partial charge on any atom is -0.383 e. The summed E-state index contributed by atoms with van der Waals surface area (Å²) in [4.78, 5) is 26.5. The first-order valence-electron chi connectivity index (χ1n) is 10.2. The van der Waals surface area contributed by atoms with Crippen LogP contribution in [0, 0.1) is 6.92 Å². The molecule has 3 aromatic rings. The van der Waals surface area contributed by atoms with Crippen LogP contribution in [0.5, 0.6) is 0 Å². The number of carbonyl (C=O) groups is 1. The molecule has 0 radical (unpaired) electrons. The topological polar surface area (TPSA) is 92.7 Å². The first-order chi connectivity index (χ1) is 15.9.